The maximum atomic E-state index is 3.95. The molecule has 0 saturated carbocycles. The fourth-order valence-electron chi connectivity index (χ4n) is 1.98. The van der Waals surface area contributed by atoms with Crippen molar-refractivity contribution in [3.05, 3.63) is 24.9 Å². The number of aliphatic imine (C=N–C) groups is 1. The minimum atomic E-state index is 0.0180. The molecule has 0 aromatic rings. The summed E-state index contributed by atoms with van der Waals surface area (Å²) >= 11 is 0. The van der Waals surface area contributed by atoms with E-state index in [-0.39, 0.29) is 11.6 Å². The van der Waals surface area contributed by atoms with Crippen molar-refractivity contribution >= 4 is 6.72 Å². The van der Waals surface area contributed by atoms with Gasteiger partial charge in [-0.05, 0) is 27.1 Å². The van der Waals surface area contributed by atoms with Crippen molar-refractivity contribution in [2.75, 3.05) is 13.6 Å². The van der Waals surface area contributed by atoms with Gasteiger partial charge < -0.3 is 0 Å². The van der Waals surface area contributed by atoms with Crippen LogP contribution in [0, 0.1) is 5.41 Å². The third-order valence-corrected chi connectivity index (χ3v) is 2.51. The van der Waals surface area contributed by atoms with E-state index in [1.807, 2.05) is 20.0 Å². The number of hydrogen-bond acceptors (Lipinski definition) is 2. The van der Waals surface area contributed by atoms with Gasteiger partial charge in [0.15, 0.2) is 0 Å². The third-order valence-electron chi connectivity index (χ3n) is 2.51. The molecule has 0 saturated heterocycles. The molecular weight excluding hydrogens is 198 g/mol. The first-order chi connectivity index (χ1) is 7.28. The quantitative estimate of drug-likeness (QED) is 0.306. The molecule has 0 aromatic carbocycles. The molecule has 2 atom stereocenters. The van der Waals surface area contributed by atoms with E-state index in [4.69, 9.17) is 0 Å². The largest absolute Gasteiger partial charge is 0.277 e. The van der Waals surface area contributed by atoms with Crippen molar-refractivity contribution in [3.8, 4) is 0 Å². The van der Waals surface area contributed by atoms with Crippen LogP contribution in [0.5, 0.6) is 0 Å². The minimum absolute atomic E-state index is 0.0180. The molecule has 1 N–H and O–H groups in total. The Bertz CT molecular complexity index is 268. The highest BCUT2D eigenvalue weighted by atomic mass is 15.7. The summed E-state index contributed by atoms with van der Waals surface area (Å²) in [7, 11) is 2.08. The van der Waals surface area contributed by atoms with Gasteiger partial charge in [-0.25, -0.2) is 4.59 Å². The molecule has 0 aliphatic rings. The van der Waals surface area contributed by atoms with E-state index in [1.165, 1.54) is 0 Å². The van der Waals surface area contributed by atoms with Crippen molar-refractivity contribution < 1.29 is 4.59 Å². The van der Waals surface area contributed by atoms with E-state index in [9.17, 15) is 0 Å². The number of allylic oxidation sites excluding steroid dienone is 1. The molecule has 3 heteroatoms. The Morgan fingerprint density at radius 1 is 1.50 bits per heavy atom. The van der Waals surface area contributed by atoms with E-state index in [1.54, 1.807) is 0 Å². The SMILES string of the molecule is C=C[N+](C)(CC(C)(C)/C=C\C)NC(C)N=C. The number of rotatable bonds is 7. The van der Waals surface area contributed by atoms with E-state index < -0.39 is 0 Å². The number of nitrogens with one attached hydrogen (secondary N) is 1. The maximum absolute atomic E-state index is 3.95. The van der Waals surface area contributed by atoms with Gasteiger partial charge in [0.1, 0.15) is 18.9 Å². The predicted octanol–water partition coefficient (Wildman–Crippen LogP) is 2.73. The molecule has 0 aromatic heterocycles. The lowest BCUT2D eigenvalue weighted by atomic mass is 9.92. The molecule has 0 aliphatic carbocycles. The van der Waals surface area contributed by atoms with Crippen LogP contribution >= 0.6 is 0 Å². The first kappa shape index (κ1) is 15.1. The fraction of sp³-hybridized carbons (Fsp3) is 0.615. The number of hydrogen-bond donors (Lipinski definition) is 1. The second-order valence-electron chi connectivity index (χ2n) is 5.08. The number of quaternary nitrogens is 1. The average Bonchev–Trinajstić information content (AvgIpc) is 2.16. The summed E-state index contributed by atoms with van der Waals surface area (Å²) < 4.78 is 0.567. The van der Waals surface area contributed by atoms with Crippen LogP contribution in [0.15, 0.2) is 29.9 Å². The van der Waals surface area contributed by atoms with Gasteiger partial charge in [-0.3, -0.25) is 4.99 Å². The van der Waals surface area contributed by atoms with Gasteiger partial charge in [0.25, 0.3) is 0 Å². The Morgan fingerprint density at radius 2 is 2.06 bits per heavy atom. The van der Waals surface area contributed by atoms with Crippen molar-refractivity contribution in [3.63, 3.8) is 0 Å². The monoisotopic (exact) mass is 224 g/mol. The highest BCUT2D eigenvalue weighted by Crippen LogP contribution is 2.21. The first-order valence-corrected chi connectivity index (χ1v) is 5.65. The van der Waals surface area contributed by atoms with Crippen LogP contribution in [0.25, 0.3) is 0 Å². The maximum Gasteiger partial charge on any atom is 0.142 e. The lowest BCUT2D eigenvalue weighted by molar-refractivity contribution is -0.912. The van der Waals surface area contributed by atoms with Gasteiger partial charge in [-0.2, -0.15) is 0 Å². The van der Waals surface area contributed by atoms with Crippen molar-refractivity contribution in [1.29, 1.82) is 0 Å². The van der Waals surface area contributed by atoms with Crippen LogP contribution in [-0.4, -0.2) is 31.1 Å². The molecule has 2 unspecified atom stereocenters. The summed E-state index contributed by atoms with van der Waals surface area (Å²) in [6.45, 7) is 16.8. The van der Waals surface area contributed by atoms with Gasteiger partial charge in [-0.15, -0.1) is 5.43 Å². The molecule has 0 rings (SSSR count). The topological polar surface area (TPSA) is 24.4 Å². The van der Waals surface area contributed by atoms with E-state index in [2.05, 4.69) is 56.8 Å². The molecule has 0 bridgehead atoms. The lowest BCUT2D eigenvalue weighted by Gasteiger charge is -2.36. The molecule has 0 spiro atoms. The molecule has 16 heavy (non-hydrogen) atoms. The normalized spacial score (nSPS) is 18.1. The second-order valence-corrected chi connectivity index (χ2v) is 5.08. The Labute approximate surface area is 100 Å². The molecule has 0 amide bonds. The zero-order valence-electron chi connectivity index (χ0n) is 11.3. The van der Waals surface area contributed by atoms with Crippen molar-refractivity contribution in [2.45, 2.75) is 33.9 Å². The molecule has 0 aliphatic heterocycles. The highest BCUT2D eigenvalue weighted by molar-refractivity contribution is 5.23. The zero-order chi connectivity index (χ0) is 12.8. The van der Waals surface area contributed by atoms with Crippen molar-refractivity contribution in [2.24, 2.45) is 10.4 Å². The lowest BCUT2D eigenvalue weighted by Crippen LogP contribution is -2.57. The Hall–Kier alpha value is -0.930. The van der Waals surface area contributed by atoms with Gasteiger partial charge in [0.2, 0.25) is 0 Å². The van der Waals surface area contributed by atoms with Crippen LogP contribution in [-0.2, 0) is 0 Å². The Morgan fingerprint density at radius 3 is 2.44 bits per heavy atom. The van der Waals surface area contributed by atoms with Crippen LogP contribution in [0.2, 0.25) is 0 Å². The van der Waals surface area contributed by atoms with Crippen LogP contribution < -0.4 is 5.43 Å². The highest BCUT2D eigenvalue weighted by Gasteiger charge is 2.29. The summed E-state index contributed by atoms with van der Waals surface area (Å²) in [6.07, 6.45) is 6.21. The van der Waals surface area contributed by atoms with Gasteiger partial charge in [0.05, 0.1) is 7.05 Å². The van der Waals surface area contributed by atoms with Crippen LogP contribution in [0.1, 0.15) is 27.7 Å². The second kappa shape index (κ2) is 5.97. The summed E-state index contributed by atoms with van der Waals surface area (Å²) in [6, 6.07) is 0. The number of nitrogens with zero attached hydrogens (tertiary/aromatic N) is 2. The van der Waals surface area contributed by atoms with Crippen LogP contribution in [0.4, 0.5) is 0 Å². The van der Waals surface area contributed by atoms with E-state index in [0.717, 1.165) is 6.54 Å². The Kier molecular flexibility index (Phi) is 5.62. The molecule has 0 heterocycles. The smallest absolute Gasteiger partial charge is 0.142 e. The van der Waals surface area contributed by atoms with Gasteiger partial charge >= 0.3 is 0 Å². The summed E-state index contributed by atoms with van der Waals surface area (Å²) in [5.41, 5.74) is 3.48. The zero-order valence-corrected chi connectivity index (χ0v) is 11.3. The average molecular weight is 224 g/mol. The van der Waals surface area contributed by atoms with E-state index in [0.29, 0.717) is 4.59 Å². The molecular formula is C13H26N3+. The molecule has 0 radical (unpaired) electrons. The summed E-state index contributed by atoms with van der Waals surface area (Å²) in [5.74, 6) is 0. The third kappa shape index (κ3) is 5.24. The first-order valence-electron chi connectivity index (χ1n) is 5.65. The van der Waals surface area contributed by atoms with Gasteiger partial charge in [-0.1, -0.05) is 26.0 Å². The molecule has 0 fully saturated rings. The Balaban J connectivity index is 4.71. The van der Waals surface area contributed by atoms with Crippen molar-refractivity contribution in [1.82, 2.24) is 5.43 Å². The van der Waals surface area contributed by atoms with Gasteiger partial charge in [0, 0.05) is 5.41 Å². The summed E-state index contributed by atoms with van der Waals surface area (Å²) in [4.78, 5) is 3.95. The molecule has 3 nitrogen and oxygen atoms in total. The minimum Gasteiger partial charge on any atom is -0.277 e. The predicted molar refractivity (Wildman–Crippen MR) is 72.0 cm³/mol. The molecule has 92 valence electrons. The summed E-state index contributed by atoms with van der Waals surface area (Å²) in [5, 5.41) is 0. The van der Waals surface area contributed by atoms with Crippen LogP contribution in [0.3, 0.4) is 0 Å². The standard InChI is InChI=1S/C13H26N3/c1-8-10-13(4,5)11-16(7,9-2)15-12(3)14-6/h8-10,12,15H,2,6,11H2,1,3-5,7H3/q+1/b10-8-. The van der Waals surface area contributed by atoms with E-state index >= 15 is 0 Å². The fourth-order valence-corrected chi connectivity index (χ4v) is 1.98.